The largest absolute Gasteiger partial charge is 0.507 e. The smallest absolute Gasteiger partial charge is 0.124 e. The van der Waals surface area contributed by atoms with Crippen LogP contribution in [0, 0.1) is 0 Å². The molecule has 0 aliphatic heterocycles. The summed E-state index contributed by atoms with van der Waals surface area (Å²) in [6, 6.07) is 7.36. The van der Waals surface area contributed by atoms with Crippen molar-refractivity contribution in [2.75, 3.05) is 0 Å². The Hall–Kier alpha value is -1.48. The van der Waals surface area contributed by atoms with Gasteiger partial charge in [0.25, 0.3) is 0 Å². The predicted molar refractivity (Wildman–Crippen MR) is 57.2 cm³/mol. The summed E-state index contributed by atoms with van der Waals surface area (Å²) in [5.74, 6) is 0.299. The van der Waals surface area contributed by atoms with Gasteiger partial charge in [0.2, 0.25) is 0 Å². The zero-order valence-electron chi connectivity index (χ0n) is 8.12. The van der Waals surface area contributed by atoms with E-state index in [1.165, 1.54) is 0 Å². The Morgan fingerprint density at radius 3 is 2.93 bits per heavy atom. The average molecular weight is 190 g/mol. The Morgan fingerprint density at radius 2 is 2.29 bits per heavy atom. The predicted octanol–water partition coefficient (Wildman–Crippen LogP) is 2.28. The molecule has 3 nitrogen and oxygen atoms in total. The van der Waals surface area contributed by atoms with Gasteiger partial charge in [-0.1, -0.05) is 13.0 Å². The highest BCUT2D eigenvalue weighted by atomic mass is 16.3. The average Bonchev–Trinajstić information content (AvgIpc) is 2.62. The summed E-state index contributed by atoms with van der Waals surface area (Å²) in [6.07, 6.45) is 0.883. The van der Waals surface area contributed by atoms with Crippen molar-refractivity contribution in [3.63, 3.8) is 0 Å². The molecule has 0 aliphatic rings. The second kappa shape index (κ2) is 3.35. The third-order valence-electron chi connectivity index (χ3n) is 2.50. The number of nitrogens with two attached hydrogens (primary N) is 1. The van der Waals surface area contributed by atoms with Gasteiger partial charge < -0.3 is 15.8 Å². The SMILES string of the molecule is CCC(N)c1cc2c(O)cccc2[nH]1. The minimum Gasteiger partial charge on any atom is -0.507 e. The number of phenolic OH excluding ortho intramolecular Hbond substituents is 1. The summed E-state index contributed by atoms with van der Waals surface area (Å²) in [4.78, 5) is 3.20. The molecule has 1 heterocycles. The molecular formula is C11H14N2O. The summed E-state index contributed by atoms with van der Waals surface area (Å²) < 4.78 is 0. The summed E-state index contributed by atoms with van der Waals surface area (Å²) in [5.41, 5.74) is 7.81. The molecule has 1 unspecified atom stereocenters. The minimum atomic E-state index is 0.0156. The van der Waals surface area contributed by atoms with E-state index in [9.17, 15) is 5.11 Å². The molecule has 0 radical (unpaired) electrons. The van der Waals surface area contributed by atoms with Crippen molar-refractivity contribution in [3.05, 3.63) is 30.0 Å². The van der Waals surface area contributed by atoms with E-state index in [4.69, 9.17) is 5.73 Å². The summed E-state index contributed by atoms with van der Waals surface area (Å²) >= 11 is 0. The number of hydrogen-bond donors (Lipinski definition) is 3. The van der Waals surface area contributed by atoms with Gasteiger partial charge >= 0.3 is 0 Å². The van der Waals surface area contributed by atoms with Gasteiger partial charge in [0.15, 0.2) is 0 Å². The quantitative estimate of drug-likeness (QED) is 0.680. The molecule has 0 saturated carbocycles. The molecule has 2 rings (SSSR count). The van der Waals surface area contributed by atoms with Crippen molar-refractivity contribution in [2.24, 2.45) is 5.73 Å². The van der Waals surface area contributed by atoms with Crippen LogP contribution in [0.1, 0.15) is 25.1 Å². The van der Waals surface area contributed by atoms with Crippen LogP contribution in [0.4, 0.5) is 0 Å². The molecular weight excluding hydrogens is 176 g/mol. The van der Waals surface area contributed by atoms with Crippen LogP contribution in [0.2, 0.25) is 0 Å². The Bertz CT molecular complexity index is 447. The number of fused-ring (bicyclic) bond motifs is 1. The molecule has 1 aromatic heterocycles. The summed E-state index contributed by atoms with van der Waals surface area (Å²) in [7, 11) is 0. The van der Waals surface area contributed by atoms with Crippen molar-refractivity contribution in [2.45, 2.75) is 19.4 Å². The lowest BCUT2D eigenvalue weighted by atomic mass is 10.1. The van der Waals surface area contributed by atoms with Crippen LogP contribution in [-0.2, 0) is 0 Å². The van der Waals surface area contributed by atoms with Crippen molar-refractivity contribution in [3.8, 4) is 5.75 Å². The van der Waals surface area contributed by atoms with Gasteiger partial charge in [-0.15, -0.1) is 0 Å². The van der Waals surface area contributed by atoms with E-state index < -0.39 is 0 Å². The van der Waals surface area contributed by atoms with E-state index in [0.29, 0.717) is 5.75 Å². The Kier molecular flexibility index (Phi) is 2.17. The number of benzene rings is 1. The van der Waals surface area contributed by atoms with Crippen molar-refractivity contribution < 1.29 is 5.11 Å². The van der Waals surface area contributed by atoms with Gasteiger partial charge in [-0.3, -0.25) is 0 Å². The van der Waals surface area contributed by atoms with Crippen LogP contribution in [-0.4, -0.2) is 10.1 Å². The molecule has 74 valence electrons. The summed E-state index contributed by atoms with van der Waals surface area (Å²) in [5, 5.41) is 10.4. The zero-order chi connectivity index (χ0) is 10.1. The van der Waals surface area contributed by atoms with E-state index in [0.717, 1.165) is 23.0 Å². The number of H-pyrrole nitrogens is 1. The van der Waals surface area contributed by atoms with Gasteiger partial charge in [-0.2, -0.15) is 0 Å². The van der Waals surface area contributed by atoms with Crippen LogP contribution >= 0.6 is 0 Å². The third kappa shape index (κ3) is 1.36. The molecule has 1 atom stereocenters. The van der Waals surface area contributed by atoms with Crippen LogP contribution in [0.5, 0.6) is 5.75 Å². The summed E-state index contributed by atoms with van der Waals surface area (Å²) in [6.45, 7) is 2.04. The fourth-order valence-electron chi connectivity index (χ4n) is 1.58. The zero-order valence-corrected chi connectivity index (χ0v) is 8.12. The molecule has 0 bridgehead atoms. The minimum absolute atomic E-state index is 0.0156. The van der Waals surface area contributed by atoms with Crippen LogP contribution in [0.15, 0.2) is 24.3 Å². The number of hydrogen-bond acceptors (Lipinski definition) is 2. The fourth-order valence-corrected chi connectivity index (χ4v) is 1.58. The van der Waals surface area contributed by atoms with Gasteiger partial charge in [0, 0.05) is 22.6 Å². The topological polar surface area (TPSA) is 62.0 Å². The number of nitrogens with one attached hydrogen (secondary N) is 1. The highest BCUT2D eigenvalue weighted by Gasteiger charge is 2.08. The molecule has 4 N–H and O–H groups in total. The first-order valence-electron chi connectivity index (χ1n) is 4.78. The molecule has 3 heteroatoms. The maximum Gasteiger partial charge on any atom is 0.124 e. The third-order valence-corrected chi connectivity index (χ3v) is 2.50. The highest BCUT2D eigenvalue weighted by Crippen LogP contribution is 2.27. The molecule has 0 amide bonds. The highest BCUT2D eigenvalue weighted by molar-refractivity contribution is 5.86. The van der Waals surface area contributed by atoms with Crippen molar-refractivity contribution in [1.29, 1.82) is 0 Å². The first kappa shape index (κ1) is 9.09. The van der Waals surface area contributed by atoms with Crippen molar-refractivity contribution >= 4 is 10.9 Å². The monoisotopic (exact) mass is 190 g/mol. The Morgan fingerprint density at radius 1 is 1.50 bits per heavy atom. The van der Waals surface area contributed by atoms with Gasteiger partial charge in [0.1, 0.15) is 5.75 Å². The van der Waals surface area contributed by atoms with E-state index in [1.807, 2.05) is 25.1 Å². The fraction of sp³-hybridized carbons (Fsp3) is 0.273. The standard InChI is InChI=1S/C11H14N2O/c1-2-8(12)10-6-7-9(13-10)4-3-5-11(7)14/h3-6,8,13-14H,2,12H2,1H3. The number of aromatic amines is 1. The number of phenols is 1. The molecule has 0 aliphatic carbocycles. The second-order valence-electron chi connectivity index (χ2n) is 3.48. The Labute approximate surface area is 82.6 Å². The molecule has 1 aromatic carbocycles. The molecule has 14 heavy (non-hydrogen) atoms. The van der Waals surface area contributed by atoms with E-state index >= 15 is 0 Å². The lowest BCUT2D eigenvalue weighted by Crippen LogP contribution is -2.08. The number of aromatic hydroxyl groups is 1. The van der Waals surface area contributed by atoms with Crippen LogP contribution in [0.25, 0.3) is 10.9 Å². The maximum atomic E-state index is 9.58. The molecule has 0 saturated heterocycles. The van der Waals surface area contributed by atoms with Gasteiger partial charge in [-0.05, 0) is 24.6 Å². The van der Waals surface area contributed by atoms with E-state index in [-0.39, 0.29) is 6.04 Å². The number of rotatable bonds is 2. The first-order chi connectivity index (χ1) is 6.72. The van der Waals surface area contributed by atoms with E-state index in [1.54, 1.807) is 6.07 Å². The lowest BCUT2D eigenvalue weighted by molar-refractivity contribution is 0.481. The van der Waals surface area contributed by atoms with Gasteiger partial charge in [0.05, 0.1) is 0 Å². The molecule has 0 spiro atoms. The number of aromatic nitrogens is 1. The second-order valence-corrected chi connectivity index (χ2v) is 3.48. The maximum absolute atomic E-state index is 9.58. The van der Waals surface area contributed by atoms with Crippen LogP contribution < -0.4 is 5.73 Å². The van der Waals surface area contributed by atoms with Crippen molar-refractivity contribution in [1.82, 2.24) is 4.98 Å². The molecule has 0 fully saturated rings. The van der Waals surface area contributed by atoms with Gasteiger partial charge in [-0.25, -0.2) is 0 Å². The first-order valence-corrected chi connectivity index (χ1v) is 4.78. The lowest BCUT2D eigenvalue weighted by Gasteiger charge is -2.03. The normalized spacial score (nSPS) is 13.3. The Balaban J connectivity index is 2.56. The molecule has 2 aromatic rings. The van der Waals surface area contributed by atoms with Crippen LogP contribution in [0.3, 0.4) is 0 Å². The van der Waals surface area contributed by atoms with E-state index in [2.05, 4.69) is 4.98 Å².